The van der Waals surface area contributed by atoms with Crippen LogP contribution >= 0.6 is 23.5 Å². The number of aryl methyl sites for hydroxylation is 1. The Hall–Kier alpha value is -5.50. The summed E-state index contributed by atoms with van der Waals surface area (Å²) < 4.78 is 14.1. The Bertz CT molecular complexity index is 2590. The van der Waals surface area contributed by atoms with Crippen molar-refractivity contribution in [2.24, 2.45) is 0 Å². The first-order valence-electron chi connectivity index (χ1n) is 18.4. The van der Waals surface area contributed by atoms with Crippen molar-refractivity contribution in [3.05, 3.63) is 151 Å². The minimum Gasteiger partial charge on any atom is -0.458 e. The Morgan fingerprint density at radius 3 is 1.47 bits per heavy atom. The fourth-order valence-electron chi connectivity index (χ4n) is 8.98. The summed E-state index contributed by atoms with van der Waals surface area (Å²) in [4.78, 5) is 9.77. The second-order valence-electron chi connectivity index (χ2n) is 14.3. The van der Waals surface area contributed by atoms with Gasteiger partial charge in [0.2, 0.25) is 0 Å². The molecule has 0 atom stereocenters. The maximum Gasteiger partial charge on any atom is 0.260 e. The van der Waals surface area contributed by atoms with E-state index in [0.717, 1.165) is 47.2 Å². The standard InChI is InChI=1S/C46H31BN2O2S2/c1-2-12-31-28(11-1)25-40-45-46(31)51-39-27-30(49-36-15-5-9-19-43(36)53-44-20-10-6-16-37(44)49)22-24-33(39)47(45)32-23-21-29(26-38(32)50-40)48-34-13-3-7-17-41(34)52-42-18-8-4-14-35(42)48/h3-10,13-27H,1-2,11-12H2. The second kappa shape index (κ2) is 11.5. The summed E-state index contributed by atoms with van der Waals surface area (Å²) in [5.41, 5.74) is 13.2. The Labute approximate surface area is 317 Å². The first-order valence-corrected chi connectivity index (χ1v) is 20.0. The van der Waals surface area contributed by atoms with Crippen LogP contribution in [0.25, 0.3) is 0 Å². The maximum absolute atomic E-state index is 7.12. The molecule has 0 spiro atoms. The smallest absolute Gasteiger partial charge is 0.260 e. The van der Waals surface area contributed by atoms with E-state index in [1.165, 1.54) is 82.7 Å². The van der Waals surface area contributed by atoms with Gasteiger partial charge in [-0.15, -0.1) is 0 Å². The molecular weight excluding hydrogens is 687 g/mol. The van der Waals surface area contributed by atoms with Crippen molar-refractivity contribution in [2.45, 2.75) is 45.3 Å². The average Bonchev–Trinajstić information content (AvgIpc) is 3.21. The van der Waals surface area contributed by atoms with E-state index in [-0.39, 0.29) is 6.71 Å². The normalized spacial score (nSPS) is 15.3. The minimum atomic E-state index is -0.00389. The van der Waals surface area contributed by atoms with E-state index < -0.39 is 0 Å². The quantitative estimate of drug-likeness (QED) is 0.165. The molecule has 0 fully saturated rings. The molecule has 7 aromatic carbocycles. The van der Waals surface area contributed by atoms with E-state index in [2.05, 4.69) is 149 Å². The van der Waals surface area contributed by atoms with Crippen molar-refractivity contribution in [3.8, 4) is 23.0 Å². The van der Waals surface area contributed by atoms with Crippen LogP contribution in [0.4, 0.5) is 34.1 Å². The number of benzene rings is 7. The molecule has 7 aromatic rings. The SMILES string of the molecule is c1ccc2c(c1)Sc1ccccc1N2c1ccc2c(c1)Oc1cc3c(c4c1B2c1ccc(N2c5ccccc5Sc5ccccc52)cc1O4)CCCC3. The van der Waals surface area contributed by atoms with Gasteiger partial charge in [-0.1, -0.05) is 84.2 Å². The van der Waals surface area contributed by atoms with Crippen LogP contribution in [0.3, 0.4) is 0 Å². The summed E-state index contributed by atoms with van der Waals surface area (Å²) >= 11 is 3.67. The summed E-state index contributed by atoms with van der Waals surface area (Å²) in [6.07, 6.45) is 4.44. The van der Waals surface area contributed by atoms with Gasteiger partial charge in [0.05, 0.1) is 22.7 Å². The zero-order chi connectivity index (χ0) is 34.6. The van der Waals surface area contributed by atoms with Gasteiger partial charge < -0.3 is 19.3 Å². The van der Waals surface area contributed by atoms with Crippen molar-refractivity contribution in [1.29, 1.82) is 0 Å². The zero-order valence-corrected chi connectivity index (χ0v) is 30.3. The van der Waals surface area contributed by atoms with Gasteiger partial charge in [0.1, 0.15) is 23.0 Å². The van der Waals surface area contributed by atoms with Gasteiger partial charge in [-0.25, -0.2) is 0 Å². The number of nitrogens with zero attached hydrogens (tertiary/aromatic N) is 2. The molecule has 252 valence electrons. The van der Waals surface area contributed by atoms with Gasteiger partial charge in [-0.05, 0) is 114 Å². The number of para-hydroxylation sites is 4. The molecular formula is C46H31BN2O2S2. The molecule has 7 heteroatoms. The number of fused-ring (bicyclic) bond motifs is 10. The van der Waals surface area contributed by atoms with E-state index in [9.17, 15) is 0 Å². The minimum absolute atomic E-state index is 0.00389. The summed E-state index contributed by atoms with van der Waals surface area (Å²) in [6.45, 7) is -0.00389. The van der Waals surface area contributed by atoms with Crippen LogP contribution in [-0.4, -0.2) is 6.71 Å². The molecule has 53 heavy (non-hydrogen) atoms. The van der Waals surface area contributed by atoms with E-state index in [1.807, 2.05) is 23.5 Å². The maximum atomic E-state index is 7.12. The monoisotopic (exact) mass is 718 g/mol. The molecule has 0 amide bonds. The van der Waals surface area contributed by atoms with Crippen molar-refractivity contribution in [3.63, 3.8) is 0 Å². The lowest BCUT2D eigenvalue weighted by Crippen LogP contribution is -2.57. The van der Waals surface area contributed by atoms with Gasteiger partial charge in [-0.2, -0.15) is 0 Å². The third-order valence-corrected chi connectivity index (χ3v) is 13.6. The average molecular weight is 719 g/mol. The molecule has 0 saturated heterocycles. The molecule has 0 aromatic heterocycles. The third-order valence-electron chi connectivity index (χ3n) is 11.3. The Balaban J connectivity index is 1.03. The summed E-state index contributed by atoms with van der Waals surface area (Å²) in [5.74, 6) is 3.76. The summed E-state index contributed by atoms with van der Waals surface area (Å²) in [5, 5.41) is 0. The molecule has 0 unspecified atom stereocenters. The van der Waals surface area contributed by atoms with Gasteiger partial charge in [-0.3, -0.25) is 0 Å². The van der Waals surface area contributed by atoms with Crippen molar-refractivity contribution >= 4 is 80.7 Å². The molecule has 0 N–H and O–H groups in total. The molecule has 1 aliphatic carbocycles. The third kappa shape index (κ3) is 4.47. The molecule has 12 rings (SSSR count). The number of ether oxygens (including phenoxy) is 2. The summed E-state index contributed by atoms with van der Waals surface area (Å²) in [6, 6.07) is 50.8. The zero-order valence-electron chi connectivity index (χ0n) is 28.7. The summed E-state index contributed by atoms with van der Waals surface area (Å²) in [7, 11) is 0. The molecule has 5 aliphatic rings. The van der Waals surface area contributed by atoms with Crippen LogP contribution in [0.5, 0.6) is 23.0 Å². The van der Waals surface area contributed by atoms with Crippen molar-refractivity contribution in [2.75, 3.05) is 9.80 Å². The van der Waals surface area contributed by atoms with Gasteiger partial charge in [0, 0.05) is 48.6 Å². The fraction of sp³-hybridized carbons (Fsp3) is 0.0870. The highest BCUT2D eigenvalue weighted by atomic mass is 32.2. The first-order chi connectivity index (χ1) is 26.3. The Morgan fingerprint density at radius 2 is 0.943 bits per heavy atom. The highest BCUT2D eigenvalue weighted by molar-refractivity contribution is 8.00. The van der Waals surface area contributed by atoms with E-state index in [0.29, 0.717) is 0 Å². The lowest BCUT2D eigenvalue weighted by molar-refractivity contribution is 0.455. The van der Waals surface area contributed by atoms with Crippen LogP contribution in [-0.2, 0) is 12.8 Å². The van der Waals surface area contributed by atoms with Crippen LogP contribution in [0.15, 0.2) is 159 Å². The molecule has 0 radical (unpaired) electrons. The van der Waals surface area contributed by atoms with E-state index in [1.54, 1.807) is 0 Å². The van der Waals surface area contributed by atoms with Gasteiger partial charge in [0.25, 0.3) is 6.71 Å². The lowest BCUT2D eigenvalue weighted by Gasteiger charge is -2.38. The second-order valence-corrected chi connectivity index (χ2v) is 16.5. The van der Waals surface area contributed by atoms with E-state index in [4.69, 9.17) is 9.47 Å². The van der Waals surface area contributed by atoms with Crippen LogP contribution < -0.4 is 35.7 Å². The number of anilines is 6. The lowest BCUT2D eigenvalue weighted by atomic mass is 9.34. The predicted molar refractivity (Wildman–Crippen MR) is 218 cm³/mol. The number of rotatable bonds is 2. The van der Waals surface area contributed by atoms with Crippen molar-refractivity contribution in [1.82, 2.24) is 0 Å². The molecule has 0 bridgehead atoms. The van der Waals surface area contributed by atoms with Gasteiger partial charge in [0.15, 0.2) is 0 Å². The van der Waals surface area contributed by atoms with Crippen LogP contribution in [0.2, 0.25) is 0 Å². The van der Waals surface area contributed by atoms with Crippen LogP contribution in [0, 0.1) is 0 Å². The van der Waals surface area contributed by atoms with Crippen LogP contribution in [0.1, 0.15) is 24.0 Å². The van der Waals surface area contributed by atoms with Gasteiger partial charge >= 0.3 is 0 Å². The van der Waals surface area contributed by atoms with E-state index >= 15 is 0 Å². The molecule has 0 saturated carbocycles. The first kappa shape index (κ1) is 30.0. The number of hydrogen-bond donors (Lipinski definition) is 0. The predicted octanol–water partition coefficient (Wildman–Crippen LogP) is 11.2. The largest absolute Gasteiger partial charge is 0.458 e. The highest BCUT2D eigenvalue weighted by Crippen LogP contribution is 2.54. The Morgan fingerprint density at radius 1 is 0.472 bits per heavy atom. The number of hydrogen-bond acceptors (Lipinski definition) is 6. The molecule has 4 nitrogen and oxygen atoms in total. The fourth-order valence-corrected chi connectivity index (χ4v) is 11.1. The molecule has 4 heterocycles. The topological polar surface area (TPSA) is 24.9 Å². The van der Waals surface area contributed by atoms with Crippen molar-refractivity contribution < 1.29 is 9.47 Å². The Kier molecular flexibility index (Phi) is 6.51. The molecule has 4 aliphatic heterocycles. The highest BCUT2D eigenvalue weighted by Gasteiger charge is 2.43.